The highest BCUT2D eigenvalue weighted by Gasteiger charge is 2.12. The highest BCUT2D eigenvalue weighted by Crippen LogP contribution is 2.21. The minimum Gasteiger partial charge on any atom is -0.497 e. The van der Waals surface area contributed by atoms with Crippen LogP contribution in [0.15, 0.2) is 45.1 Å². The number of nitrogens with zero attached hydrogens (tertiary/aromatic N) is 2. The first-order valence-electron chi connectivity index (χ1n) is 8.70. The van der Waals surface area contributed by atoms with Crippen molar-refractivity contribution in [3.05, 3.63) is 47.2 Å². The summed E-state index contributed by atoms with van der Waals surface area (Å²) in [6.07, 6.45) is 1.31. The molecule has 3 N–H and O–H groups in total. The topological polar surface area (TPSA) is 137 Å². The van der Waals surface area contributed by atoms with Crippen LogP contribution in [0.5, 0.6) is 5.75 Å². The van der Waals surface area contributed by atoms with Crippen molar-refractivity contribution in [1.82, 2.24) is 15.5 Å². The maximum absolute atomic E-state index is 12.0. The number of thiophene rings is 1. The van der Waals surface area contributed by atoms with Crippen LogP contribution in [-0.4, -0.2) is 31.6 Å². The van der Waals surface area contributed by atoms with Crippen LogP contribution in [0.4, 0.5) is 0 Å². The van der Waals surface area contributed by atoms with Gasteiger partial charge in [-0.3, -0.25) is 4.79 Å². The van der Waals surface area contributed by atoms with Crippen LogP contribution < -0.4 is 15.2 Å². The Balaban J connectivity index is 1.43. The molecule has 0 spiro atoms. The zero-order valence-corrected chi connectivity index (χ0v) is 17.3. The Kier molecular flexibility index (Phi) is 6.62. The molecule has 0 unspecified atom stereocenters. The molecule has 0 bridgehead atoms. The molecule has 3 rings (SSSR count). The van der Waals surface area contributed by atoms with E-state index in [0.717, 1.165) is 22.6 Å². The van der Waals surface area contributed by atoms with Gasteiger partial charge in [-0.15, -0.1) is 11.3 Å². The molecule has 0 radical (unpaired) electrons. The van der Waals surface area contributed by atoms with E-state index in [2.05, 4.69) is 15.5 Å². The molecule has 1 amide bonds. The number of primary sulfonamides is 1. The highest BCUT2D eigenvalue weighted by molar-refractivity contribution is 7.91. The molecular formula is C18H20N4O5S2. The zero-order valence-electron chi connectivity index (χ0n) is 15.6. The predicted octanol–water partition coefficient (Wildman–Crippen LogP) is 2.09. The van der Waals surface area contributed by atoms with Crippen molar-refractivity contribution in [2.24, 2.45) is 5.14 Å². The van der Waals surface area contributed by atoms with E-state index in [1.807, 2.05) is 24.3 Å². The molecule has 0 saturated carbocycles. The smallest absolute Gasteiger partial charge is 0.247 e. The summed E-state index contributed by atoms with van der Waals surface area (Å²) in [5, 5.41) is 11.8. The fraction of sp³-hybridized carbons (Fsp3) is 0.278. The van der Waals surface area contributed by atoms with E-state index in [1.165, 1.54) is 6.07 Å². The Bertz CT molecular complexity index is 1070. The molecule has 0 aliphatic heterocycles. The summed E-state index contributed by atoms with van der Waals surface area (Å²) in [6, 6.07) is 10.4. The summed E-state index contributed by atoms with van der Waals surface area (Å²) in [5.41, 5.74) is 0.813. The van der Waals surface area contributed by atoms with E-state index in [4.69, 9.17) is 14.4 Å². The van der Waals surface area contributed by atoms with Crippen molar-refractivity contribution < 1.29 is 22.5 Å². The fourth-order valence-corrected chi connectivity index (χ4v) is 4.21. The number of carbonyl (C=O) groups excluding carboxylic acids is 1. The van der Waals surface area contributed by atoms with Crippen LogP contribution in [0.3, 0.4) is 0 Å². The average Bonchev–Trinajstić information content (AvgIpc) is 3.36. The van der Waals surface area contributed by atoms with Crippen LogP contribution in [-0.2, 0) is 27.8 Å². The summed E-state index contributed by atoms with van der Waals surface area (Å²) in [5.74, 6) is 1.53. The summed E-state index contributed by atoms with van der Waals surface area (Å²) < 4.78 is 32.9. The molecular weight excluding hydrogens is 416 g/mol. The van der Waals surface area contributed by atoms with Gasteiger partial charge in [0.05, 0.1) is 13.7 Å². The van der Waals surface area contributed by atoms with Crippen molar-refractivity contribution in [2.75, 3.05) is 7.11 Å². The van der Waals surface area contributed by atoms with Crippen LogP contribution in [0.25, 0.3) is 11.4 Å². The van der Waals surface area contributed by atoms with Crippen molar-refractivity contribution >= 4 is 27.3 Å². The van der Waals surface area contributed by atoms with Gasteiger partial charge < -0.3 is 14.6 Å². The van der Waals surface area contributed by atoms with Gasteiger partial charge >= 0.3 is 0 Å². The summed E-state index contributed by atoms with van der Waals surface area (Å²) in [4.78, 5) is 17.0. The van der Waals surface area contributed by atoms with Gasteiger partial charge in [0.1, 0.15) is 9.96 Å². The number of hydrogen-bond acceptors (Lipinski definition) is 8. The van der Waals surface area contributed by atoms with Crippen molar-refractivity contribution in [2.45, 2.75) is 30.0 Å². The minimum absolute atomic E-state index is 0.0748. The molecule has 0 aliphatic carbocycles. The van der Waals surface area contributed by atoms with Crippen molar-refractivity contribution in [3.63, 3.8) is 0 Å². The van der Waals surface area contributed by atoms with Gasteiger partial charge in [0.2, 0.25) is 27.6 Å². The first kappa shape index (κ1) is 21.0. The Labute approximate surface area is 171 Å². The van der Waals surface area contributed by atoms with Gasteiger partial charge in [0, 0.05) is 23.3 Å². The molecule has 0 fully saturated rings. The average molecular weight is 437 g/mol. The Morgan fingerprint density at radius 2 is 2.00 bits per heavy atom. The van der Waals surface area contributed by atoms with Crippen LogP contribution >= 0.6 is 11.3 Å². The summed E-state index contributed by atoms with van der Waals surface area (Å²) >= 11 is 1.04. The monoisotopic (exact) mass is 436 g/mol. The summed E-state index contributed by atoms with van der Waals surface area (Å²) in [7, 11) is -2.11. The third kappa shape index (κ3) is 5.86. The number of carbonyl (C=O) groups is 1. The number of nitrogens with two attached hydrogens (primary N) is 1. The molecule has 154 valence electrons. The lowest BCUT2D eigenvalue weighted by Crippen LogP contribution is -2.22. The lowest BCUT2D eigenvalue weighted by molar-refractivity contribution is -0.121. The molecule has 1 aromatic carbocycles. The van der Waals surface area contributed by atoms with Crippen molar-refractivity contribution in [3.8, 4) is 17.1 Å². The lowest BCUT2D eigenvalue weighted by Gasteiger charge is -2.02. The van der Waals surface area contributed by atoms with Crippen molar-refractivity contribution in [1.29, 1.82) is 0 Å². The number of ether oxygens (including phenoxy) is 1. The third-order valence-corrected chi connectivity index (χ3v) is 6.51. The molecule has 0 atom stereocenters. The molecule has 29 heavy (non-hydrogen) atoms. The molecule has 0 saturated heterocycles. The number of hydrogen-bond donors (Lipinski definition) is 2. The van der Waals surface area contributed by atoms with E-state index in [-0.39, 0.29) is 23.1 Å². The van der Waals surface area contributed by atoms with Gasteiger partial charge in [-0.1, -0.05) is 5.16 Å². The van der Waals surface area contributed by atoms with Gasteiger partial charge in [0.25, 0.3) is 0 Å². The first-order valence-corrected chi connectivity index (χ1v) is 11.1. The Hall–Kier alpha value is -2.76. The number of amides is 1. The molecule has 3 aromatic rings. The second-order valence-electron chi connectivity index (χ2n) is 6.14. The fourth-order valence-electron chi connectivity index (χ4n) is 2.49. The minimum atomic E-state index is -3.71. The molecule has 9 nitrogen and oxygen atoms in total. The number of rotatable bonds is 9. The number of sulfonamides is 1. The van der Waals surface area contributed by atoms with Crippen LogP contribution in [0, 0.1) is 0 Å². The molecule has 2 aromatic heterocycles. The standard InChI is InChI=1S/C18H20N4O5S2/c1-26-13-7-5-12(6-8-13)18-21-16(27-22-18)4-2-3-15(23)20-11-14-9-10-17(28-14)29(19,24)25/h5-10H,2-4,11H2,1H3,(H,20,23)(H2,19,24,25). The van der Waals surface area contributed by atoms with Gasteiger partial charge in [-0.05, 0) is 42.8 Å². The van der Waals surface area contributed by atoms with Crippen LogP contribution in [0.1, 0.15) is 23.6 Å². The number of benzene rings is 1. The predicted molar refractivity (Wildman–Crippen MR) is 107 cm³/mol. The first-order chi connectivity index (χ1) is 13.8. The maximum Gasteiger partial charge on any atom is 0.247 e. The van der Waals surface area contributed by atoms with E-state index in [9.17, 15) is 13.2 Å². The normalized spacial score (nSPS) is 11.4. The number of methoxy groups -OCH3 is 1. The largest absolute Gasteiger partial charge is 0.497 e. The lowest BCUT2D eigenvalue weighted by atomic mass is 10.2. The van der Waals surface area contributed by atoms with Gasteiger partial charge in [-0.25, -0.2) is 13.6 Å². The third-order valence-electron chi connectivity index (χ3n) is 3.99. The van der Waals surface area contributed by atoms with E-state index < -0.39 is 10.0 Å². The number of nitrogens with one attached hydrogen (secondary N) is 1. The Morgan fingerprint density at radius 3 is 2.66 bits per heavy atom. The van der Waals surface area contributed by atoms with Crippen LogP contribution in [0.2, 0.25) is 0 Å². The zero-order chi connectivity index (χ0) is 20.9. The van der Waals surface area contributed by atoms with Gasteiger partial charge in [0.15, 0.2) is 0 Å². The molecule has 11 heteroatoms. The Morgan fingerprint density at radius 1 is 1.24 bits per heavy atom. The van der Waals surface area contributed by atoms with Gasteiger partial charge in [-0.2, -0.15) is 4.98 Å². The van der Waals surface area contributed by atoms with E-state index in [1.54, 1.807) is 13.2 Å². The number of aryl methyl sites for hydroxylation is 1. The SMILES string of the molecule is COc1ccc(-c2noc(CCCC(=O)NCc3ccc(S(N)(=O)=O)s3)n2)cc1. The van der Waals surface area contributed by atoms with E-state index in [0.29, 0.717) is 29.4 Å². The van der Waals surface area contributed by atoms with E-state index >= 15 is 0 Å². The molecule has 2 heterocycles. The maximum atomic E-state index is 12.0. The second kappa shape index (κ2) is 9.16. The number of aromatic nitrogens is 2. The highest BCUT2D eigenvalue weighted by atomic mass is 32.2. The molecule has 0 aliphatic rings. The summed E-state index contributed by atoms with van der Waals surface area (Å²) in [6.45, 7) is 0.251. The second-order valence-corrected chi connectivity index (χ2v) is 9.09. The quantitative estimate of drug-likeness (QED) is 0.524.